The molecule has 0 aliphatic carbocycles. The van der Waals surface area contributed by atoms with Gasteiger partial charge in [0, 0.05) is 49.5 Å². The molecule has 0 saturated carbocycles. The number of benzene rings is 1. The van der Waals surface area contributed by atoms with Crippen LogP contribution in [0, 0.1) is 6.92 Å². The maximum absolute atomic E-state index is 13.2. The van der Waals surface area contributed by atoms with E-state index in [0.717, 1.165) is 61.3 Å². The van der Waals surface area contributed by atoms with Gasteiger partial charge in [-0.05, 0) is 89.4 Å². The van der Waals surface area contributed by atoms with Crippen LogP contribution in [-0.2, 0) is 16.1 Å². The van der Waals surface area contributed by atoms with Crippen LogP contribution >= 0.6 is 0 Å². The van der Waals surface area contributed by atoms with E-state index in [1.807, 2.05) is 56.1 Å². The van der Waals surface area contributed by atoms with Crippen LogP contribution in [0.1, 0.15) is 55.6 Å². The number of ether oxygens (including phenoxy) is 1. The van der Waals surface area contributed by atoms with Gasteiger partial charge in [-0.2, -0.15) is 5.10 Å². The number of nitrogens with zero attached hydrogens (tertiary/aromatic N) is 6. The number of aryl methyl sites for hydroxylation is 1. The molecule has 5 heterocycles. The maximum atomic E-state index is 13.2. The summed E-state index contributed by atoms with van der Waals surface area (Å²) in [5.41, 5.74) is 2.77. The minimum absolute atomic E-state index is 0.107. The first-order valence-corrected chi connectivity index (χ1v) is 15.0. The van der Waals surface area contributed by atoms with Crippen LogP contribution in [0.2, 0.25) is 0 Å². The van der Waals surface area contributed by atoms with Crippen LogP contribution in [0.5, 0.6) is 0 Å². The summed E-state index contributed by atoms with van der Waals surface area (Å²) in [6.45, 7) is 11.8. The zero-order valence-corrected chi connectivity index (χ0v) is 24.4. The van der Waals surface area contributed by atoms with Gasteiger partial charge in [0.15, 0.2) is 0 Å². The predicted octanol–water partition coefficient (Wildman–Crippen LogP) is 3.69. The van der Waals surface area contributed by atoms with Crippen molar-refractivity contribution in [3.05, 3.63) is 47.8 Å². The number of aromatic nitrogens is 3. The highest BCUT2D eigenvalue weighted by Crippen LogP contribution is 2.25. The number of anilines is 2. The molecule has 3 aliphatic heterocycles. The smallest absolute Gasteiger partial charge is 0.274 e. The summed E-state index contributed by atoms with van der Waals surface area (Å²) in [4.78, 5) is 37.7. The van der Waals surface area contributed by atoms with Crippen LogP contribution in [0.25, 0.3) is 10.9 Å². The van der Waals surface area contributed by atoms with Crippen molar-refractivity contribution in [2.24, 2.45) is 0 Å². The van der Waals surface area contributed by atoms with E-state index in [1.54, 1.807) is 10.7 Å². The molecular formula is C31H41N7O3. The Morgan fingerprint density at radius 3 is 2.49 bits per heavy atom. The summed E-state index contributed by atoms with van der Waals surface area (Å²) in [7, 11) is 0. The van der Waals surface area contributed by atoms with Crippen LogP contribution in [0.3, 0.4) is 0 Å². The van der Waals surface area contributed by atoms with E-state index in [9.17, 15) is 9.59 Å². The average molecular weight is 560 g/mol. The number of pyridine rings is 1. The number of nitrogens with one attached hydrogen (secondary N) is 1. The van der Waals surface area contributed by atoms with Gasteiger partial charge >= 0.3 is 0 Å². The molecule has 3 fully saturated rings. The van der Waals surface area contributed by atoms with Crippen molar-refractivity contribution in [3.63, 3.8) is 0 Å². The first kappa shape index (κ1) is 27.7. The Morgan fingerprint density at radius 2 is 1.76 bits per heavy atom. The highest BCUT2D eigenvalue weighted by molar-refractivity contribution is 6.04. The molecule has 6 rings (SSSR count). The molecule has 3 aromatic rings. The second kappa shape index (κ2) is 11.8. The van der Waals surface area contributed by atoms with Gasteiger partial charge < -0.3 is 24.8 Å². The summed E-state index contributed by atoms with van der Waals surface area (Å²) in [6.07, 6.45) is 6.81. The molecule has 3 saturated heterocycles. The normalized spacial score (nSPS) is 22.4. The number of morpholine rings is 1. The molecule has 2 aromatic heterocycles. The lowest BCUT2D eigenvalue weighted by Crippen LogP contribution is -2.46. The molecule has 0 radical (unpaired) electrons. The number of hydrogen-bond donors (Lipinski definition) is 1. The number of likely N-dealkylation sites (tertiary alicyclic amines) is 2. The molecule has 1 N–H and O–H groups in total. The van der Waals surface area contributed by atoms with Gasteiger partial charge in [-0.25, -0.2) is 4.98 Å². The quantitative estimate of drug-likeness (QED) is 0.492. The Hall–Kier alpha value is -3.50. The highest BCUT2D eigenvalue weighted by atomic mass is 16.5. The molecule has 0 bridgehead atoms. The highest BCUT2D eigenvalue weighted by Gasteiger charge is 2.28. The first-order chi connectivity index (χ1) is 19.8. The van der Waals surface area contributed by atoms with Crippen molar-refractivity contribution < 1.29 is 14.3 Å². The Labute approximate surface area is 241 Å². The van der Waals surface area contributed by atoms with Crippen LogP contribution < -0.4 is 10.2 Å². The number of piperidine rings is 1. The number of carbonyl (C=O) groups excluding carboxylic acids is 2. The number of carbonyl (C=O) groups is 2. The van der Waals surface area contributed by atoms with Gasteiger partial charge in [0.2, 0.25) is 5.91 Å². The number of fused-ring (bicyclic) bond motifs is 1. The third-order valence-electron chi connectivity index (χ3n) is 8.63. The lowest BCUT2D eigenvalue weighted by molar-refractivity contribution is -0.133. The number of hydrogen-bond acceptors (Lipinski definition) is 7. The molecular weight excluding hydrogens is 518 g/mol. The van der Waals surface area contributed by atoms with Crippen molar-refractivity contribution in [1.29, 1.82) is 0 Å². The minimum Gasteiger partial charge on any atom is -0.372 e. The third-order valence-corrected chi connectivity index (χ3v) is 8.63. The molecule has 41 heavy (non-hydrogen) atoms. The summed E-state index contributed by atoms with van der Waals surface area (Å²) >= 11 is 0. The van der Waals surface area contributed by atoms with E-state index < -0.39 is 0 Å². The van der Waals surface area contributed by atoms with Crippen LogP contribution in [-0.4, -0.2) is 93.9 Å². The number of amides is 2. The summed E-state index contributed by atoms with van der Waals surface area (Å²) in [5.74, 6) is 0.625. The second-order valence-corrected chi connectivity index (χ2v) is 11.9. The van der Waals surface area contributed by atoms with Crippen LogP contribution in [0.4, 0.5) is 11.5 Å². The molecule has 2 amide bonds. The van der Waals surface area contributed by atoms with E-state index in [2.05, 4.69) is 25.2 Å². The zero-order chi connectivity index (χ0) is 28.5. The summed E-state index contributed by atoms with van der Waals surface area (Å²) in [5, 5.41) is 8.57. The van der Waals surface area contributed by atoms with E-state index in [0.29, 0.717) is 17.4 Å². The Kier molecular flexibility index (Phi) is 7.94. The lowest BCUT2D eigenvalue weighted by Gasteiger charge is -2.36. The topological polar surface area (TPSA) is 95.8 Å². The molecule has 0 spiro atoms. The lowest BCUT2D eigenvalue weighted by atomic mass is 10.0. The molecule has 0 unspecified atom stereocenters. The van der Waals surface area contributed by atoms with Crippen LogP contribution in [0.15, 0.2) is 36.5 Å². The van der Waals surface area contributed by atoms with Crippen molar-refractivity contribution >= 4 is 34.2 Å². The molecule has 2 atom stereocenters. The molecule has 1 aromatic carbocycles. The Morgan fingerprint density at radius 1 is 1.02 bits per heavy atom. The van der Waals surface area contributed by atoms with Gasteiger partial charge in [0.25, 0.3) is 5.91 Å². The molecule has 3 aliphatic rings. The van der Waals surface area contributed by atoms with E-state index >= 15 is 0 Å². The van der Waals surface area contributed by atoms with Gasteiger partial charge in [0.05, 0.1) is 17.7 Å². The largest absolute Gasteiger partial charge is 0.372 e. The van der Waals surface area contributed by atoms with Crippen molar-refractivity contribution in [2.45, 2.75) is 71.2 Å². The SMILES string of the molecule is Cc1cc2nn(CC(=O)N3CCC(N4CCCC4)CC3)cc2cc1NC(=O)c1cccc(N2C[C@@H](C)O[C@@H](C)C2)n1. The molecule has 218 valence electrons. The second-order valence-electron chi connectivity index (χ2n) is 11.9. The van der Waals surface area contributed by atoms with Gasteiger partial charge in [-0.15, -0.1) is 0 Å². The van der Waals surface area contributed by atoms with Crippen molar-refractivity contribution in [2.75, 3.05) is 49.5 Å². The fourth-order valence-electron chi connectivity index (χ4n) is 6.55. The first-order valence-electron chi connectivity index (χ1n) is 15.0. The van der Waals surface area contributed by atoms with Gasteiger partial charge in [-0.1, -0.05) is 6.07 Å². The Bertz CT molecular complexity index is 1400. The van der Waals surface area contributed by atoms with Gasteiger partial charge in [0.1, 0.15) is 18.1 Å². The van der Waals surface area contributed by atoms with Crippen molar-refractivity contribution in [3.8, 4) is 0 Å². The maximum Gasteiger partial charge on any atom is 0.274 e. The zero-order valence-electron chi connectivity index (χ0n) is 24.4. The van der Waals surface area contributed by atoms with E-state index in [-0.39, 0.29) is 30.6 Å². The summed E-state index contributed by atoms with van der Waals surface area (Å²) < 4.78 is 7.56. The van der Waals surface area contributed by atoms with E-state index in [1.165, 1.54) is 25.9 Å². The molecule has 10 nitrogen and oxygen atoms in total. The van der Waals surface area contributed by atoms with Crippen molar-refractivity contribution in [1.82, 2.24) is 24.6 Å². The monoisotopic (exact) mass is 559 g/mol. The third kappa shape index (κ3) is 6.23. The minimum atomic E-state index is -0.261. The summed E-state index contributed by atoms with van der Waals surface area (Å²) in [6, 6.07) is 10.0. The van der Waals surface area contributed by atoms with Gasteiger partial charge in [-0.3, -0.25) is 14.3 Å². The predicted molar refractivity (Wildman–Crippen MR) is 159 cm³/mol. The fourth-order valence-corrected chi connectivity index (χ4v) is 6.55. The fraction of sp³-hybridized carbons (Fsp3) is 0.548. The average Bonchev–Trinajstić information content (AvgIpc) is 3.63. The Balaban J connectivity index is 1.10. The number of rotatable bonds is 6. The molecule has 10 heteroatoms. The van der Waals surface area contributed by atoms with E-state index in [4.69, 9.17) is 4.74 Å². The standard InChI is InChI=1S/C31H41N7O3/c1-21-15-28-24(19-38(34-28)20-30(39)36-13-9-25(10-14-36)35-11-4-5-12-35)16-27(21)33-31(40)26-7-6-8-29(32-26)37-17-22(2)41-23(3)18-37/h6-8,15-16,19,22-23,25H,4-5,9-14,17-18,20H2,1-3H3,(H,33,40)/t22-,23+.